The molecule has 126 heavy (non-hydrogen) atoms. The Balaban J connectivity index is 0.650. The monoisotopic (exact) mass is 1820 g/mol. The fraction of sp³-hybridized carbons (Fsp3) is 0.538. The van der Waals surface area contributed by atoms with Crippen LogP contribution in [0.4, 0.5) is 5.69 Å². The number of likely N-dealkylation sites (N-methyl/N-ethyl adjacent to an activating group) is 1. The average Bonchev–Trinajstić information content (AvgIpc) is 1.57. The maximum absolute atomic E-state index is 15.0. The third-order valence-corrected chi connectivity index (χ3v) is 21.3. The number of aromatic nitrogens is 4. The Hall–Kier alpha value is -9.88. The Morgan fingerprint density at radius 2 is 1.12 bits per heavy atom. The van der Waals surface area contributed by atoms with E-state index in [2.05, 4.69) is 20.5 Å². The standard InChI is InChI=1S/C78H97ClN8O38S/c1-41(82-123-78-66(97)67(65(96)70(122-78)75(104)105)119-77-64(95)60(91)62(93)69(121-77)74(102)103)42-4-8-50-44(32-42)33-51(80-50)72(99)87-38-45(37-79)58-49-35-47(108-3)6-7-48(49)54(36-52(58)87)124-126(106,107)125-55-34-43(5-9-53(55)118-76-63(94)59(90)61(92)68(120-76)73(100)101)71(98)84(2)12-15-109-18-21-112-22-19-110-16-13-85-39-46(81-83-85)40-117-31-30-116-29-28-115-27-26-114-25-24-113-23-20-111-17-14-86-56(88)10-11-57(86)89/h4-11,32-36,39,45,59-70,76-78,80,90-97H,12-31,37-38,40H2,1-3H3,(H,100,101)(H,102,103)(H,104,105)/b82-41+/t45-,59+,60+,61+,62+,63-,64-,65+,66-,67+,68+,69?,70+,76-,77?,78+/m1/s1. The molecule has 46 nitrogen and oxygen atoms in total. The number of aliphatic hydroxyl groups excluding tert-OH is 8. The first-order valence-corrected chi connectivity index (χ1v) is 41.3. The number of aromatic amines is 1. The van der Waals surface area contributed by atoms with Crippen molar-refractivity contribution in [3.05, 3.63) is 113 Å². The van der Waals surface area contributed by atoms with Crippen LogP contribution in [0.5, 0.6) is 23.0 Å². The van der Waals surface area contributed by atoms with Crippen LogP contribution in [-0.2, 0) is 114 Å². The van der Waals surface area contributed by atoms with Crippen molar-refractivity contribution in [1.29, 1.82) is 0 Å². The lowest BCUT2D eigenvalue weighted by Crippen LogP contribution is -2.65. The molecule has 11 rings (SSSR count). The topological polar surface area (TPSA) is 611 Å². The van der Waals surface area contributed by atoms with Gasteiger partial charge in [0, 0.05) is 72.0 Å². The van der Waals surface area contributed by atoms with Crippen LogP contribution in [0.1, 0.15) is 50.5 Å². The van der Waals surface area contributed by atoms with E-state index >= 15 is 0 Å². The van der Waals surface area contributed by atoms with Crippen LogP contribution < -0.4 is 22.7 Å². The van der Waals surface area contributed by atoms with E-state index in [4.69, 9.17) is 95.9 Å². The molecule has 5 aliphatic heterocycles. The molecule has 0 spiro atoms. The summed E-state index contributed by atoms with van der Waals surface area (Å²) < 4.78 is 125. The summed E-state index contributed by atoms with van der Waals surface area (Å²) in [5.74, 6) is -9.68. The van der Waals surface area contributed by atoms with E-state index in [-0.39, 0.29) is 117 Å². The summed E-state index contributed by atoms with van der Waals surface area (Å²) in [6.45, 7) is 7.03. The molecule has 0 bridgehead atoms. The third-order valence-electron chi connectivity index (χ3n) is 20.1. The van der Waals surface area contributed by atoms with E-state index in [9.17, 15) is 98.2 Å². The first-order valence-electron chi connectivity index (χ1n) is 39.4. The smallest absolute Gasteiger partial charge is 0.497 e. The molecule has 4 amide bonds. The number of anilines is 1. The number of halogens is 1. The normalized spacial score (nSPS) is 24.5. The van der Waals surface area contributed by atoms with Gasteiger partial charge < -0.3 is 155 Å². The lowest BCUT2D eigenvalue weighted by Gasteiger charge is -2.44. The number of rotatable bonds is 50. The largest absolute Gasteiger partial charge is 0.501 e. The molecule has 48 heteroatoms. The zero-order chi connectivity index (χ0) is 90.5. The summed E-state index contributed by atoms with van der Waals surface area (Å²) in [5.41, 5.74) is 1.73. The van der Waals surface area contributed by atoms with Crippen molar-refractivity contribution < 1.29 is 182 Å². The molecule has 3 fully saturated rings. The minimum atomic E-state index is -5.47. The van der Waals surface area contributed by atoms with Gasteiger partial charge in [-0.05, 0) is 78.0 Å². The highest BCUT2D eigenvalue weighted by Gasteiger charge is 2.55. The summed E-state index contributed by atoms with van der Waals surface area (Å²) in [7, 11) is -2.67. The van der Waals surface area contributed by atoms with Crippen molar-refractivity contribution >= 4 is 96.6 Å². The number of imide groups is 1. The number of nitrogens with one attached hydrogen (secondary N) is 1. The van der Waals surface area contributed by atoms with E-state index in [1.54, 1.807) is 35.1 Å². The Labute approximate surface area is 722 Å². The van der Waals surface area contributed by atoms with Crippen LogP contribution in [0.2, 0.25) is 0 Å². The quantitative estimate of drug-likeness (QED) is 0.00632. The number of nitrogens with zero attached hydrogens (tertiary/aromatic N) is 7. The van der Waals surface area contributed by atoms with Gasteiger partial charge in [-0.2, -0.15) is 0 Å². The number of carboxylic acids is 3. The summed E-state index contributed by atoms with van der Waals surface area (Å²) in [4.78, 5) is 100. The van der Waals surface area contributed by atoms with Crippen LogP contribution >= 0.6 is 11.6 Å². The van der Waals surface area contributed by atoms with Crippen molar-refractivity contribution in [2.24, 2.45) is 5.16 Å². The number of ether oxygens (including phenoxy) is 15. The number of methoxy groups -OCH3 is 1. The van der Waals surface area contributed by atoms with Crippen LogP contribution in [0.25, 0.3) is 21.7 Å². The van der Waals surface area contributed by atoms with Gasteiger partial charge in [-0.25, -0.2) is 19.1 Å². The number of carbonyl (C=O) groups is 7. The molecule has 6 aromatic rings. The number of hydrogen-bond acceptors (Lipinski definition) is 38. The molecule has 12 N–H and O–H groups in total. The van der Waals surface area contributed by atoms with Crippen LogP contribution in [0, 0.1) is 0 Å². The van der Waals surface area contributed by atoms with Gasteiger partial charge in [0.1, 0.15) is 72.1 Å². The maximum atomic E-state index is 15.0. The Kier molecular flexibility index (Phi) is 35.1. The van der Waals surface area contributed by atoms with Crippen molar-refractivity contribution in [2.75, 3.05) is 157 Å². The first kappa shape index (κ1) is 96.7. The van der Waals surface area contributed by atoms with Gasteiger partial charge in [-0.15, -0.1) is 25.1 Å². The SMILES string of the molecule is COc1ccc2c(OS(=O)(=O)Oc3cc(C(=O)N(C)CCOCCOCCOCCn4cc(COCCOCCOCCOCCOCCOCCN5C(=O)C=CC5=O)nn4)ccc3O[C@@H]3O[C@H](C(=O)O)[C@@H](O)[C@H](O)[C@H]3O)cc3c(c2c1)[C@H](CCl)CN3C(=O)c1cc2cc(/C(C)=N/O[C@@H]3O[C@H](C(=O)O)[C@@H](O)[C@H](OC4OC(C(=O)O)[C@@H](O)[C@H](O)[C@H]4O)[C@H]3O)ccc2[nH]1. The van der Waals surface area contributed by atoms with Crippen molar-refractivity contribution in [3.8, 4) is 23.0 Å². The molecule has 7 heterocycles. The number of aliphatic hydroxyl groups is 8. The summed E-state index contributed by atoms with van der Waals surface area (Å²) in [5, 5.41) is 128. The van der Waals surface area contributed by atoms with E-state index < -0.39 is 155 Å². The molecular weight excluding hydrogens is 1720 g/mol. The molecular formula is C78H97ClN8O38S. The van der Waals surface area contributed by atoms with E-state index in [0.29, 0.717) is 112 Å². The van der Waals surface area contributed by atoms with Crippen molar-refractivity contribution in [2.45, 2.75) is 118 Å². The Bertz CT molecular complexity index is 4890. The molecule has 690 valence electrons. The number of benzene rings is 4. The minimum absolute atomic E-state index is 0.00268. The van der Waals surface area contributed by atoms with Crippen molar-refractivity contribution in [3.63, 3.8) is 0 Å². The highest BCUT2D eigenvalue weighted by molar-refractivity contribution is 7.82. The fourth-order valence-electron chi connectivity index (χ4n) is 13.5. The zero-order valence-corrected chi connectivity index (χ0v) is 69.5. The number of alkyl halides is 1. The summed E-state index contributed by atoms with van der Waals surface area (Å²) in [6, 6.07) is 15.1. The summed E-state index contributed by atoms with van der Waals surface area (Å²) in [6.07, 6.45) is -28.1. The third kappa shape index (κ3) is 24.9. The number of hydrogen-bond donors (Lipinski definition) is 12. The maximum Gasteiger partial charge on any atom is 0.501 e. The lowest BCUT2D eigenvalue weighted by molar-refractivity contribution is -0.352. The molecule has 0 radical (unpaired) electrons. The van der Waals surface area contributed by atoms with Gasteiger partial charge in [-0.3, -0.25) is 24.1 Å². The second-order valence-electron chi connectivity index (χ2n) is 28.7. The predicted molar refractivity (Wildman–Crippen MR) is 425 cm³/mol. The number of carbonyl (C=O) groups excluding carboxylic acids is 4. The van der Waals surface area contributed by atoms with Gasteiger partial charge in [0.15, 0.2) is 41.9 Å². The first-order chi connectivity index (χ1) is 60.4. The Morgan fingerprint density at radius 1 is 0.579 bits per heavy atom. The number of carboxylic acid groups (broad SMARTS) is 3. The fourth-order valence-corrected chi connectivity index (χ4v) is 14.5. The molecule has 2 aromatic heterocycles. The average molecular weight is 1820 g/mol. The van der Waals surface area contributed by atoms with Crippen LogP contribution in [-0.4, -0.2) is 386 Å². The number of amides is 4. The predicted octanol–water partition coefficient (Wildman–Crippen LogP) is -2.23. The van der Waals surface area contributed by atoms with Gasteiger partial charge in [0.2, 0.25) is 6.29 Å². The zero-order valence-electron chi connectivity index (χ0n) is 67.9. The lowest BCUT2D eigenvalue weighted by atomic mass is 9.95. The minimum Gasteiger partial charge on any atom is -0.497 e. The van der Waals surface area contributed by atoms with E-state index in [1.807, 2.05) is 0 Å². The second-order valence-corrected chi connectivity index (χ2v) is 30.2. The highest BCUT2D eigenvalue weighted by Crippen LogP contribution is 2.48. The molecule has 3 saturated heterocycles. The second kappa shape index (κ2) is 45.7. The van der Waals surface area contributed by atoms with Crippen LogP contribution in [0.15, 0.2) is 90.2 Å². The molecule has 5 aliphatic rings. The number of H-pyrrole nitrogens is 1. The van der Waals surface area contributed by atoms with Gasteiger partial charge in [0.05, 0.1) is 157 Å². The molecule has 0 saturated carbocycles. The van der Waals surface area contributed by atoms with Crippen LogP contribution in [0.3, 0.4) is 0 Å². The number of oxime groups is 1. The van der Waals surface area contributed by atoms with E-state index in [1.165, 1.54) is 73.4 Å². The summed E-state index contributed by atoms with van der Waals surface area (Å²) >= 11 is 6.66. The Morgan fingerprint density at radius 3 is 1.71 bits per heavy atom. The van der Waals surface area contributed by atoms with E-state index in [0.717, 1.165) is 17.0 Å². The van der Waals surface area contributed by atoms with Crippen molar-refractivity contribution in [1.82, 2.24) is 29.8 Å². The number of aliphatic carboxylic acids is 3. The molecule has 16 atom stereocenters. The molecule has 0 aliphatic carbocycles. The molecule has 2 unspecified atom stereocenters. The molecule has 4 aromatic carbocycles. The van der Waals surface area contributed by atoms with Gasteiger partial charge >= 0.3 is 28.3 Å². The van der Waals surface area contributed by atoms with Gasteiger partial charge in [-0.1, -0.05) is 16.4 Å². The number of fused-ring (bicyclic) bond motifs is 4. The van der Waals surface area contributed by atoms with Gasteiger partial charge in [0.25, 0.3) is 29.9 Å². The highest BCUT2D eigenvalue weighted by atomic mass is 35.5.